The van der Waals surface area contributed by atoms with Crippen LogP contribution in [0.3, 0.4) is 0 Å². The maximum absolute atomic E-state index is 2.50. The summed E-state index contributed by atoms with van der Waals surface area (Å²) >= 11 is 0. The van der Waals surface area contributed by atoms with Gasteiger partial charge in [-0.05, 0) is 22.5 Å². The Labute approximate surface area is 179 Å². The first-order valence-electron chi connectivity index (χ1n) is 8.32. The third kappa shape index (κ3) is 5.03. The average molecular weight is 442 g/mol. The molecule has 3 atom stereocenters. The van der Waals surface area contributed by atoms with Gasteiger partial charge in [-0.25, -0.2) is 18.1 Å². The zero-order valence-corrected chi connectivity index (χ0v) is 19.0. The van der Waals surface area contributed by atoms with Crippen LogP contribution in [0.5, 0.6) is 0 Å². The molecule has 0 N–H and O–H groups in total. The van der Waals surface area contributed by atoms with E-state index in [2.05, 4.69) is 76.6 Å². The molecule has 0 heterocycles. The molecule has 0 nitrogen and oxygen atoms in total. The van der Waals surface area contributed by atoms with Crippen molar-refractivity contribution in [3.8, 4) is 0 Å². The normalized spacial score (nSPS) is 24.5. The molecule has 3 rings (SSSR count). The zero-order valence-electron chi connectivity index (χ0n) is 15.0. The summed E-state index contributed by atoms with van der Waals surface area (Å²) in [5.74, 6) is 2.03. The van der Waals surface area contributed by atoms with Crippen LogP contribution in [0, 0.1) is 18.3 Å². The van der Waals surface area contributed by atoms with E-state index in [4.69, 9.17) is 0 Å². The molecule has 0 spiro atoms. The number of hydrogen-bond donors (Lipinski definition) is 0. The molecule has 1 fully saturated rings. The second kappa shape index (κ2) is 9.65. The summed E-state index contributed by atoms with van der Waals surface area (Å²) in [6.45, 7) is 9.14. The Bertz CT molecular complexity index is 566. The monoisotopic (exact) mass is 439 g/mol. The molecule has 0 amide bonds. The minimum absolute atomic E-state index is 0. The van der Waals surface area contributed by atoms with Crippen LogP contribution in [-0.4, -0.2) is 0 Å². The van der Waals surface area contributed by atoms with Crippen molar-refractivity contribution >= 4 is 0 Å². The van der Waals surface area contributed by atoms with Gasteiger partial charge < -0.3 is 24.8 Å². The van der Waals surface area contributed by atoms with Gasteiger partial charge in [0.1, 0.15) is 0 Å². The molecule has 3 unspecified atom stereocenters. The summed E-state index contributed by atoms with van der Waals surface area (Å²) < 4.78 is 0. The SMILES string of the molecule is CCC1[CH-]C2=CC=CC(c3ccc(C(C)(C)C)cc3)C2C1.[Cl-].[Cl-].[Zr+3]. The number of fused-ring (bicyclic) bond motifs is 1. The van der Waals surface area contributed by atoms with Crippen LogP contribution in [0.4, 0.5) is 0 Å². The second-order valence-corrected chi connectivity index (χ2v) is 7.63. The van der Waals surface area contributed by atoms with E-state index in [0.29, 0.717) is 11.8 Å². The van der Waals surface area contributed by atoms with E-state index < -0.39 is 0 Å². The summed E-state index contributed by atoms with van der Waals surface area (Å²) in [5, 5.41) is 0. The number of hydrogen-bond acceptors (Lipinski definition) is 0. The van der Waals surface area contributed by atoms with Crippen LogP contribution < -0.4 is 24.8 Å². The number of benzene rings is 1. The topological polar surface area (TPSA) is 0 Å². The fourth-order valence-corrected chi connectivity index (χ4v) is 3.71. The van der Waals surface area contributed by atoms with Gasteiger partial charge in [0.15, 0.2) is 0 Å². The summed E-state index contributed by atoms with van der Waals surface area (Å²) in [7, 11) is 0. The van der Waals surface area contributed by atoms with Crippen molar-refractivity contribution in [1.82, 2.24) is 0 Å². The van der Waals surface area contributed by atoms with Crippen molar-refractivity contribution in [2.24, 2.45) is 11.8 Å². The summed E-state index contributed by atoms with van der Waals surface area (Å²) in [5.41, 5.74) is 4.70. The molecule has 1 radical (unpaired) electrons. The van der Waals surface area contributed by atoms with Crippen molar-refractivity contribution in [2.75, 3.05) is 0 Å². The standard InChI is InChI=1S/C21H27.2ClH.Zr/c1-5-15-13-17-7-6-8-19(20(17)14-15)16-9-11-18(12-10-16)21(2,3)4;;;/h6-13,15,19-20H,5,14H2,1-4H3;2*1H;/q-1;;;+3/p-2. The quantitative estimate of drug-likeness (QED) is 0.559. The van der Waals surface area contributed by atoms with Crippen LogP contribution in [0.1, 0.15) is 57.6 Å². The molecule has 129 valence electrons. The molecule has 0 aromatic heterocycles. The molecular formula is C21H27Cl2Zr. The van der Waals surface area contributed by atoms with E-state index in [1.807, 2.05) is 0 Å². The van der Waals surface area contributed by atoms with Crippen molar-refractivity contribution < 1.29 is 51.0 Å². The van der Waals surface area contributed by atoms with Crippen LogP contribution in [0.2, 0.25) is 0 Å². The number of rotatable bonds is 2. The number of halogens is 2. The third-order valence-corrected chi connectivity index (χ3v) is 5.14. The van der Waals surface area contributed by atoms with E-state index in [9.17, 15) is 0 Å². The summed E-state index contributed by atoms with van der Waals surface area (Å²) in [6.07, 6.45) is 12.1. The Morgan fingerprint density at radius 3 is 2.25 bits per heavy atom. The Morgan fingerprint density at radius 2 is 1.71 bits per heavy atom. The number of allylic oxidation sites excluding steroid dienone is 4. The van der Waals surface area contributed by atoms with Gasteiger partial charge >= 0.3 is 26.2 Å². The molecule has 1 aromatic carbocycles. The predicted octanol–water partition coefficient (Wildman–Crippen LogP) is -0.180. The molecule has 24 heavy (non-hydrogen) atoms. The fourth-order valence-electron chi connectivity index (χ4n) is 3.71. The van der Waals surface area contributed by atoms with Crippen LogP contribution in [0.25, 0.3) is 0 Å². The average Bonchev–Trinajstić information content (AvgIpc) is 2.89. The maximum atomic E-state index is 2.50. The molecule has 2 aliphatic carbocycles. The van der Waals surface area contributed by atoms with E-state index in [0.717, 1.165) is 5.92 Å². The summed E-state index contributed by atoms with van der Waals surface area (Å²) in [6, 6.07) is 9.32. The first-order chi connectivity index (χ1) is 9.99. The minimum Gasteiger partial charge on any atom is -1.00 e. The van der Waals surface area contributed by atoms with Crippen LogP contribution in [0.15, 0.2) is 48.1 Å². The van der Waals surface area contributed by atoms with E-state index >= 15 is 0 Å². The Balaban J connectivity index is 0.00000176. The maximum Gasteiger partial charge on any atom is 3.00 e. The van der Waals surface area contributed by atoms with Crippen LogP contribution in [-0.2, 0) is 31.6 Å². The van der Waals surface area contributed by atoms with Gasteiger partial charge in [0.05, 0.1) is 0 Å². The van der Waals surface area contributed by atoms with E-state index in [1.165, 1.54) is 24.0 Å². The molecule has 1 aromatic rings. The molecular weight excluding hydrogens is 414 g/mol. The Morgan fingerprint density at radius 1 is 1.08 bits per heavy atom. The predicted molar refractivity (Wildman–Crippen MR) is 91.3 cm³/mol. The first-order valence-corrected chi connectivity index (χ1v) is 8.32. The van der Waals surface area contributed by atoms with Gasteiger partial charge in [0.25, 0.3) is 0 Å². The van der Waals surface area contributed by atoms with Gasteiger partial charge in [-0.3, -0.25) is 0 Å². The van der Waals surface area contributed by atoms with Crippen LogP contribution >= 0.6 is 0 Å². The second-order valence-electron chi connectivity index (χ2n) is 7.63. The first kappa shape index (κ1) is 24.0. The molecule has 1 saturated carbocycles. The minimum atomic E-state index is 0. The van der Waals surface area contributed by atoms with Gasteiger partial charge in [-0.1, -0.05) is 76.8 Å². The largest absolute Gasteiger partial charge is 3.00 e. The van der Waals surface area contributed by atoms with Crippen molar-refractivity contribution in [1.29, 1.82) is 0 Å². The van der Waals surface area contributed by atoms with E-state index in [-0.39, 0.29) is 56.4 Å². The molecule has 0 bridgehead atoms. The summed E-state index contributed by atoms with van der Waals surface area (Å²) in [4.78, 5) is 0. The third-order valence-electron chi connectivity index (χ3n) is 5.14. The zero-order chi connectivity index (χ0) is 15.0. The van der Waals surface area contributed by atoms with Crippen molar-refractivity contribution in [3.63, 3.8) is 0 Å². The molecule has 0 aliphatic heterocycles. The Kier molecular flexibility index (Phi) is 9.67. The van der Waals surface area contributed by atoms with Gasteiger partial charge in [-0.2, -0.15) is 0 Å². The van der Waals surface area contributed by atoms with E-state index in [1.54, 1.807) is 5.57 Å². The Hall–Kier alpha value is 0.0331. The van der Waals surface area contributed by atoms with Gasteiger partial charge in [-0.15, -0.1) is 6.08 Å². The molecule has 0 saturated heterocycles. The fraction of sp³-hybridized carbons (Fsp3) is 0.476. The molecule has 2 aliphatic rings. The smallest absolute Gasteiger partial charge is 1.00 e. The van der Waals surface area contributed by atoms with Crippen molar-refractivity contribution in [2.45, 2.75) is 51.9 Å². The van der Waals surface area contributed by atoms with Gasteiger partial charge in [0.2, 0.25) is 0 Å². The van der Waals surface area contributed by atoms with Crippen molar-refractivity contribution in [3.05, 3.63) is 65.6 Å². The molecule has 3 heteroatoms. The van der Waals surface area contributed by atoms with Gasteiger partial charge in [0, 0.05) is 5.92 Å².